The Morgan fingerprint density at radius 1 is 1.16 bits per heavy atom. The maximum Gasteiger partial charge on any atom is 0.224 e. The molecule has 0 bridgehead atoms. The number of carbonyl (C=O) groups excluding carboxylic acids is 1. The lowest BCUT2D eigenvalue weighted by Gasteiger charge is -2.08. The molecule has 0 saturated heterocycles. The molecule has 0 unspecified atom stereocenters. The summed E-state index contributed by atoms with van der Waals surface area (Å²) in [6.45, 7) is 1.95. The minimum atomic E-state index is 0.00854. The summed E-state index contributed by atoms with van der Waals surface area (Å²) in [5.41, 5.74) is 2.96. The number of aryl methyl sites for hydroxylation is 2. The molecule has 0 aliphatic carbocycles. The third-order valence-corrected chi connectivity index (χ3v) is 3.19. The van der Waals surface area contributed by atoms with Crippen molar-refractivity contribution in [2.24, 2.45) is 0 Å². The number of benzene rings is 2. The van der Waals surface area contributed by atoms with Gasteiger partial charge in [0, 0.05) is 17.1 Å². The van der Waals surface area contributed by atoms with Gasteiger partial charge in [-0.15, -0.1) is 0 Å². The van der Waals surface area contributed by atoms with Gasteiger partial charge in [-0.1, -0.05) is 48.0 Å². The third-order valence-electron chi connectivity index (χ3n) is 2.96. The molecule has 1 amide bonds. The quantitative estimate of drug-likeness (QED) is 0.888. The zero-order valence-electron chi connectivity index (χ0n) is 10.8. The Balaban J connectivity index is 1.93. The van der Waals surface area contributed by atoms with Crippen molar-refractivity contribution in [2.45, 2.75) is 19.8 Å². The van der Waals surface area contributed by atoms with Crippen LogP contribution in [0, 0.1) is 6.92 Å². The van der Waals surface area contributed by atoms with Gasteiger partial charge in [-0.2, -0.15) is 0 Å². The van der Waals surface area contributed by atoms with E-state index in [0.29, 0.717) is 11.4 Å². The monoisotopic (exact) mass is 273 g/mol. The lowest BCUT2D eigenvalue weighted by Crippen LogP contribution is -2.13. The molecule has 0 aromatic heterocycles. The standard InChI is InChI=1S/C16H16ClNO/c1-12-7-9-14(17)11-15(12)18-16(19)10-8-13-5-3-2-4-6-13/h2-7,9,11H,8,10H2,1H3,(H,18,19). The molecular formula is C16H16ClNO. The number of anilines is 1. The molecular weight excluding hydrogens is 258 g/mol. The fraction of sp³-hybridized carbons (Fsp3) is 0.188. The number of carbonyl (C=O) groups is 1. The van der Waals surface area contributed by atoms with Crippen molar-refractivity contribution in [2.75, 3.05) is 5.32 Å². The molecule has 0 spiro atoms. The first-order chi connectivity index (χ1) is 9.15. The van der Waals surface area contributed by atoms with E-state index >= 15 is 0 Å². The van der Waals surface area contributed by atoms with E-state index in [1.807, 2.05) is 49.4 Å². The average Bonchev–Trinajstić information content (AvgIpc) is 2.42. The van der Waals surface area contributed by atoms with Crippen molar-refractivity contribution in [3.63, 3.8) is 0 Å². The van der Waals surface area contributed by atoms with Crippen molar-refractivity contribution < 1.29 is 4.79 Å². The maximum absolute atomic E-state index is 11.9. The molecule has 0 saturated carbocycles. The Labute approximate surface area is 118 Å². The van der Waals surface area contributed by atoms with Crippen LogP contribution in [0.25, 0.3) is 0 Å². The van der Waals surface area contributed by atoms with Gasteiger partial charge in [-0.3, -0.25) is 4.79 Å². The first-order valence-corrected chi connectivity index (χ1v) is 6.63. The number of rotatable bonds is 4. The SMILES string of the molecule is Cc1ccc(Cl)cc1NC(=O)CCc1ccccc1. The van der Waals surface area contributed by atoms with Crippen LogP contribution in [0.1, 0.15) is 17.5 Å². The maximum atomic E-state index is 11.9. The van der Waals surface area contributed by atoms with Gasteiger partial charge in [0.05, 0.1) is 0 Å². The number of amides is 1. The summed E-state index contributed by atoms with van der Waals surface area (Å²) < 4.78 is 0. The first kappa shape index (κ1) is 13.6. The van der Waals surface area contributed by atoms with Crippen LogP contribution in [-0.2, 0) is 11.2 Å². The second-order valence-corrected chi connectivity index (χ2v) is 4.93. The van der Waals surface area contributed by atoms with E-state index in [4.69, 9.17) is 11.6 Å². The van der Waals surface area contributed by atoms with Crippen LogP contribution in [0.15, 0.2) is 48.5 Å². The molecule has 1 N–H and O–H groups in total. The molecule has 0 aliphatic rings. The highest BCUT2D eigenvalue weighted by Gasteiger charge is 2.05. The fourth-order valence-corrected chi connectivity index (χ4v) is 2.02. The van der Waals surface area contributed by atoms with Gasteiger partial charge in [0.1, 0.15) is 0 Å². The lowest BCUT2D eigenvalue weighted by atomic mass is 10.1. The van der Waals surface area contributed by atoms with E-state index < -0.39 is 0 Å². The molecule has 19 heavy (non-hydrogen) atoms. The Morgan fingerprint density at radius 2 is 1.89 bits per heavy atom. The van der Waals surface area contributed by atoms with E-state index in [1.165, 1.54) is 5.56 Å². The van der Waals surface area contributed by atoms with Gasteiger partial charge in [-0.25, -0.2) is 0 Å². The van der Waals surface area contributed by atoms with Crippen LogP contribution in [0.5, 0.6) is 0 Å². The van der Waals surface area contributed by atoms with Gasteiger partial charge >= 0.3 is 0 Å². The van der Waals surface area contributed by atoms with E-state index in [1.54, 1.807) is 6.07 Å². The molecule has 2 aromatic rings. The van der Waals surface area contributed by atoms with Gasteiger partial charge in [0.15, 0.2) is 0 Å². The predicted molar refractivity (Wildman–Crippen MR) is 79.6 cm³/mol. The zero-order valence-corrected chi connectivity index (χ0v) is 11.6. The first-order valence-electron chi connectivity index (χ1n) is 6.25. The van der Waals surface area contributed by atoms with Crippen LogP contribution in [0.3, 0.4) is 0 Å². The van der Waals surface area contributed by atoms with E-state index in [0.717, 1.165) is 17.7 Å². The molecule has 2 nitrogen and oxygen atoms in total. The van der Waals surface area contributed by atoms with Crippen molar-refractivity contribution in [3.05, 3.63) is 64.7 Å². The summed E-state index contributed by atoms with van der Waals surface area (Å²) in [5, 5.41) is 3.53. The van der Waals surface area contributed by atoms with Crippen LogP contribution in [0.2, 0.25) is 5.02 Å². The van der Waals surface area contributed by atoms with Crippen molar-refractivity contribution >= 4 is 23.2 Å². The smallest absolute Gasteiger partial charge is 0.224 e. The molecule has 0 aliphatic heterocycles. The highest BCUT2D eigenvalue weighted by Crippen LogP contribution is 2.20. The summed E-state index contributed by atoms with van der Waals surface area (Å²) in [4.78, 5) is 11.9. The minimum Gasteiger partial charge on any atom is -0.326 e. The molecule has 98 valence electrons. The Bertz CT molecular complexity index is 566. The molecule has 0 fully saturated rings. The number of nitrogens with one attached hydrogen (secondary N) is 1. The van der Waals surface area contributed by atoms with Crippen LogP contribution in [-0.4, -0.2) is 5.91 Å². The third kappa shape index (κ3) is 4.11. The Kier molecular flexibility index (Phi) is 4.58. The van der Waals surface area contributed by atoms with Crippen molar-refractivity contribution in [1.29, 1.82) is 0 Å². The van der Waals surface area contributed by atoms with E-state index in [9.17, 15) is 4.79 Å². The Hall–Kier alpha value is -1.80. The molecule has 3 heteroatoms. The Morgan fingerprint density at radius 3 is 2.63 bits per heavy atom. The van der Waals surface area contributed by atoms with Gasteiger partial charge < -0.3 is 5.32 Å². The number of halogens is 1. The number of hydrogen-bond donors (Lipinski definition) is 1. The molecule has 2 rings (SSSR count). The summed E-state index contributed by atoms with van der Waals surface area (Å²) in [5.74, 6) is 0.00854. The largest absolute Gasteiger partial charge is 0.326 e. The molecule has 2 aromatic carbocycles. The van der Waals surface area contributed by atoms with Gasteiger partial charge in [0.2, 0.25) is 5.91 Å². The topological polar surface area (TPSA) is 29.1 Å². The summed E-state index contributed by atoms with van der Waals surface area (Å²) >= 11 is 5.92. The van der Waals surface area contributed by atoms with E-state index in [2.05, 4.69) is 5.32 Å². The minimum absolute atomic E-state index is 0.00854. The summed E-state index contributed by atoms with van der Waals surface area (Å²) in [6, 6.07) is 15.5. The number of hydrogen-bond acceptors (Lipinski definition) is 1. The lowest BCUT2D eigenvalue weighted by molar-refractivity contribution is -0.116. The molecule has 0 atom stereocenters. The van der Waals surface area contributed by atoms with Crippen LogP contribution in [0.4, 0.5) is 5.69 Å². The zero-order chi connectivity index (χ0) is 13.7. The van der Waals surface area contributed by atoms with Crippen molar-refractivity contribution in [1.82, 2.24) is 0 Å². The van der Waals surface area contributed by atoms with Crippen LogP contribution < -0.4 is 5.32 Å². The van der Waals surface area contributed by atoms with Gasteiger partial charge in [-0.05, 0) is 36.6 Å². The summed E-state index contributed by atoms with van der Waals surface area (Å²) in [6.07, 6.45) is 1.21. The van der Waals surface area contributed by atoms with Crippen LogP contribution >= 0.6 is 11.6 Å². The fourth-order valence-electron chi connectivity index (χ4n) is 1.84. The van der Waals surface area contributed by atoms with Crippen molar-refractivity contribution in [3.8, 4) is 0 Å². The second kappa shape index (κ2) is 6.39. The highest BCUT2D eigenvalue weighted by atomic mass is 35.5. The highest BCUT2D eigenvalue weighted by molar-refractivity contribution is 6.31. The van der Waals surface area contributed by atoms with Gasteiger partial charge in [0.25, 0.3) is 0 Å². The predicted octanol–water partition coefficient (Wildman–Crippen LogP) is 4.22. The van der Waals surface area contributed by atoms with E-state index in [-0.39, 0.29) is 5.91 Å². The summed E-state index contributed by atoms with van der Waals surface area (Å²) in [7, 11) is 0. The second-order valence-electron chi connectivity index (χ2n) is 4.49. The normalized spacial score (nSPS) is 10.2. The average molecular weight is 274 g/mol. The molecule has 0 radical (unpaired) electrons. The molecule has 0 heterocycles.